The number of amides is 1. The fourth-order valence-electron chi connectivity index (χ4n) is 3.10. The van der Waals surface area contributed by atoms with E-state index in [1.807, 2.05) is 30.3 Å². The minimum absolute atomic E-state index is 0.112. The zero-order valence-corrected chi connectivity index (χ0v) is 18.9. The highest BCUT2D eigenvalue weighted by molar-refractivity contribution is 7.92. The molecule has 0 aliphatic carbocycles. The maximum Gasteiger partial charge on any atom is 0.273 e. The third-order valence-corrected chi connectivity index (χ3v) is 6.44. The number of carbonyl (C=O) groups is 1. The molecule has 0 atom stereocenters. The van der Waals surface area contributed by atoms with Crippen LogP contribution in [0.1, 0.15) is 10.5 Å². The van der Waals surface area contributed by atoms with E-state index in [1.165, 1.54) is 19.2 Å². The van der Waals surface area contributed by atoms with Crippen molar-refractivity contribution in [3.05, 3.63) is 89.6 Å². The van der Waals surface area contributed by atoms with Crippen LogP contribution in [0.2, 0.25) is 5.02 Å². The molecule has 0 unspecified atom stereocenters. The first kappa shape index (κ1) is 22.4. The van der Waals surface area contributed by atoms with Gasteiger partial charge in [-0.15, -0.1) is 0 Å². The third kappa shape index (κ3) is 5.00. The van der Waals surface area contributed by atoms with Crippen molar-refractivity contribution < 1.29 is 17.9 Å². The van der Waals surface area contributed by atoms with Gasteiger partial charge in [-0.3, -0.25) is 14.6 Å². The number of nitrogens with zero attached hydrogens (tertiary/aromatic N) is 1. The van der Waals surface area contributed by atoms with E-state index in [0.29, 0.717) is 5.69 Å². The zero-order chi connectivity index (χ0) is 23.4. The molecule has 0 saturated carbocycles. The summed E-state index contributed by atoms with van der Waals surface area (Å²) in [5.41, 5.74) is 2.18. The van der Waals surface area contributed by atoms with Crippen molar-refractivity contribution in [2.45, 2.75) is 4.90 Å². The molecule has 8 nitrogen and oxygen atoms in total. The van der Waals surface area contributed by atoms with Gasteiger partial charge in [-0.2, -0.15) is 5.10 Å². The lowest BCUT2D eigenvalue weighted by Gasteiger charge is -2.14. The fourth-order valence-corrected chi connectivity index (χ4v) is 4.62. The molecular formula is C23H19ClN4O4S. The molecule has 3 N–H and O–H groups in total. The smallest absolute Gasteiger partial charge is 0.273 e. The molecule has 0 radical (unpaired) electrons. The fraction of sp³-hybridized carbons (Fsp3) is 0.0435. The average Bonchev–Trinajstić information content (AvgIpc) is 3.32. The van der Waals surface area contributed by atoms with Gasteiger partial charge in [-0.1, -0.05) is 54.1 Å². The summed E-state index contributed by atoms with van der Waals surface area (Å²) in [4.78, 5) is 12.6. The number of anilines is 2. The molecule has 4 rings (SSSR count). The van der Waals surface area contributed by atoms with Crippen LogP contribution in [0.15, 0.2) is 83.8 Å². The molecule has 0 saturated heterocycles. The molecule has 1 amide bonds. The number of H-pyrrole nitrogens is 1. The Morgan fingerprint density at radius 2 is 1.73 bits per heavy atom. The van der Waals surface area contributed by atoms with Crippen LogP contribution in [0.3, 0.4) is 0 Å². The Hall–Kier alpha value is -3.82. The van der Waals surface area contributed by atoms with Crippen LogP contribution < -0.4 is 14.8 Å². The van der Waals surface area contributed by atoms with Crippen molar-refractivity contribution in [1.82, 2.24) is 10.2 Å². The maximum atomic E-state index is 13.0. The SMILES string of the molecule is COc1ccc(NC(=O)c2cc(-c3ccccc3)n[nH]2)cc1S(=O)(=O)Nc1ccccc1Cl. The Kier molecular flexibility index (Phi) is 6.34. The average molecular weight is 483 g/mol. The number of aromatic nitrogens is 2. The van der Waals surface area contributed by atoms with Gasteiger partial charge in [0.15, 0.2) is 0 Å². The predicted octanol–water partition coefficient (Wildman–Crippen LogP) is 4.79. The first-order chi connectivity index (χ1) is 15.9. The lowest BCUT2D eigenvalue weighted by molar-refractivity contribution is 0.102. The summed E-state index contributed by atoms with van der Waals surface area (Å²) in [5.74, 6) is -0.363. The molecule has 3 aromatic carbocycles. The summed E-state index contributed by atoms with van der Waals surface area (Å²) in [5, 5.41) is 9.79. The highest BCUT2D eigenvalue weighted by atomic mass is 35.5. The number of methoxy groups -OCH3 is 1. The second kappa shape index (κ2) is 9.35. The molecule has 0 spiro atoms. The quantitative estimate of drug-likeness (QED) is 0.350. The van der Waals surface area contributed by atoms with Gasteiger partial charge in [0.05, 0.1) is 23.5 Å². The van der Waals surface area contributed by atoms with Crippen molar-refractivity contribution in [1.29, 1.82) is 0 Å². The number of hydrogen-bond donors (Lipinski definition) is 3. The minimum Gasteiger partial charge on any atom is -0.495 e. The van der Waals surface area contributed by atoms with Gasteiger partial charge in [0, 0.05) is 11.3 Å². The number of benzene rings is 3. The van der Waals surface area contributed by atoms with Crippen LogP contribution in [0, 0.1) is 0 Å². The number of aromatic amines is 1. The normalized spacial score (nSPS) is 11.1. The van der Waals surface area contributed by atoms with E-state index < -0.39 is 15.9 Å². The molecule has 4 aromatic rings. The monoisotopic (exact) mass is 482 g/mol. The van der Waals surface area contributed by atoms with Crippen molar-refractivity contribution in [3.63, 3.8) is 0 Å². The second-order valence-electron chi connectivity index (χ2n) is 6.94. The summed E-state index contributed by atoms with van der Waals surface area (Å²) in [6.45, 7) is 0. The maximum absolute atomic E-state index is 13.0. The topological polar surface area (TPSA) is 113 Å². The Labute approximate surface area is 195 Å². The molecule has 0 fully saturated rings. The number of nitrogens with one attached hydrogen (secondary N) is 3. The van der Waals surface area contributed by atoms with Crippen molar-refractivity contribution in [2.24, 2.45) is 0 Å². The highest BCUT2D eigenvalue weighted by Crippen LogP contribution is 2.31. The first-order valence-corrected chi connectivity index (χ1v) is 11.6. The van der Waals surface area contributed by atoms with E-state index in [-0.39, 0.29) is 32.7 Å². The van der Waals surface area contributed by atoms with Gasteiger partial charge in [0.2, 0.25) is 0 Å². The lowest BCUT2D eigenvalue weighted by atomic mass is 10.1. The van der Waals surface area contributed by atoms with E-state index >= 15 is 0 Å². The van der Waals surface area contributed by atoms with Gasteiger partial charge in [-0.25, -0.2) is 8.42 Å². The van der Waals surface area contributed by atoms with Gasteiger partial charge in [0.1, 0.15) is 16.3 Å². The molecule has 10 heteroatoms. The predicted molar refractivity (Wildman–Crippen MR) is 127 cm³/mol. The summed E-state index contributed by atoms with van der Waals surface area (Å²) >= 11 is 6.08. The van der Waals surface area contributed by atoms with E-state index in [2.05, 4.69) is 20.2 Å². The Balaban J connectivity index is 1.59. The number of sulfonamides is 1. The van der Waals surface area contributed by atoms with Crippen LogP contribution >= 0.6 is 11.6 Å². The minimum atomic E-state index is -4.06. The zero-order valence-electron chi connectivity index (χ0n) is 17.4. The number of hydrogen-bond acceptors (Lipinski definition) is 5. The highest BCUT2D eigenvalue weighted by Gasteiger charge is 2.22. The molecule has 0 aliphatic rings. The number of para-hydroxylation sites is 1. The van der Waals surface area contributed by atoms with Crippen LogP contribution in [-0.2, 0) is 10.0 Å². The summed E-state index contributed by atoms with van der Waals surface area (Å²) < 4.78 is 33.7. The molecule has 1 aromatic heterocycles. The Morgan fingerprint density at radius 1 is 1.00 bits per heavy atom. The molecule has 168 valence electrons. The van der Waals surface area contributed by atoms with Crippen molar-refractivity contribution in [2.75, 3.05) is 17.1 Å². The van der Waals surface area contributed by atoms with Crippen LogP contribution in [0.5, 0.6) is 5.75 Å². The van der Waals surface area contributed by atoms with E-state index in [4.69, 9.17) is 16.3 Å². The lowest BCUT2D eigenvalue weighted by Crippen LogP contribution is -2.16. The molecular weight excluding hydrogens is 464 g/mol. The molecule has 0 bridgehead atoms. The van der Waals surface area contributed by atoms with Crippen LogP contribution in [-0.4, -0.2) is 31.6 Å². The summed E-state index contributed by atoms with van der Waals surface area (Å²) in [7, 11) is -2.71. The van der Waals surface area contributed by atoms with Gasteiger partial charge in [-0.05, 0) is 36.4 Å². The van der Waals surface area contributed by atoms with E-state index in [1.54, 1.807) is 36.4 Å². The van der Waals surface area contributed by atoms with Gasteiger partial charge >= 0.3 is 0 Å². The number of rotatable bonds is 7. The Morgan fingerprint density at radius 3 is 2.45 bits per heavy atom. The number of carbonyl (C=O) groups excluding carboxylic acids is 1. The van der Waals surface area contributed by atoms with E-state index in [9.17, 15) is 13.2 Å². The van der Waals surface area contributed by atoms with E-state index in [0.717, 1.165) is 5.56 Å². The molecule has 33 heavy (non-hydrogen) atoms. The van der Waals surface area contributed by atoms with Gasteiger partial charge in [0.25, 0.3) is 15.9 Å². The van der Waals surface area contributed by atoms with Gasteiger partial charge < -0.3 is 10.1 Å². The summed E-state index contributed by atoms with van der Waals surface area (Å²) in [6.07, 6.45) is 0. The van der Waals surface area contributed by atoms with Crippen molar-refractivity contribution >= 4 is 38.9 Å². The number of ether oxygens (including phenoxy) is 1. The molecule has 0 aliphatic heterocycles. The first-order valence-electron chi connectivity index (χ1n) is 9.75. The third-order valence-electron chi connectivity index (χ3n) is 4.72. The second-order valence-corrected chi connectivity index (χ2v) is 9.00. The van der Waals surface area contributed by atoms with Crippen LogP contribution in [0.25, 0.3) is 11.3 Å². The Bertz CT molecular complexity index is 1410. The number of halogens is 1. The van der Waals surface area contributed by atoms with Crippen molar-refractivity contribution in [3.8, 4) is 17.0 Å². The van der Waals surface area contributed by atoms with Crippen LogP contribution in [0.4, 0.5) is 11.4 Å². The molecule has 1 heterocycles. The largest absolute Gasteiger partial charge is 0.495 e. The summed E-state index contributed by atoms with van der Waals surface area (Å²) in [6, 6.07) is 21.8. The standard InChI is InChI=1S/C23H19ClN4O4S/c1-32-21-12-11-16(13-22(21)33(30,31)28-18-10-6-5-9-17(18)24)25-23(29)20-14-19(26-27-20)15-7-3-2-4-8-15/h2-14,28H,1H3,(H,25,29)(H,26,27).